The van der Waals surface area contributed by atoms with Crippen LogP contribution in [-0.2, 0) is 4.79 Å². The molecule has 2 nitrogen and oxygen atoms in total. The molecular formula is C10H19NO. The topological polar surface area (TPSA) is 43.1 Å². The quantitative estimate of drug-likeness (QED) is 0.617. The van der Waals surface area contributed by atoms with Gasteiger partial charge >= 0.3 is 0 Å². The van der Waals surface area contributed by atoms with Gasteiger partial charge in [-0.3, -0.25) is 4.79 Å². The van der Waals surface area contributed by atoms with Gasteiger partial charge in [0.25, 0.3) is 0 Å². The Bertz CT molecular complexity index is 154. The van der Waals surface area contributed by atoms with Crippen LogP contribution in [0.25, 0.3) is 0 Å². The van der Waals surface area contributed by atoms with E-state index >= 15 is 0 Å². The predicted octanol–water partition coefficient (Wildman–Crippen LogP) is 1.90. The first kappa shape index (κ1) is 11.4. The van der Waals surface area contributed by atoms with E-state index in [1.165, 1.54) is 0 Å². The van der Waals surface area contributed by atoms with Crippen LogP contribution in [0.3, 0.4) is 0 Å². The van der Waals surface area contributed by atoms with Crippen LogP contribution >= 0.6 is 0 Å². The summed E-state index contributed by atoms with van der Waals surface area (Å²) in [6.45, 7) is 7.62. The summed E-state index contributed by atoms with van der Waals surface area (Å²) in [6.07, 6.45) is 3.99. The van der Waals surface area contributed by atoms with Crippen LogP contribution in [-0.4, -0.2) is 11.8 Å². The zero-order valence-electron chi connectivity index (χ0n) is 8.05. The maximum atomic E-state index is 11.3. The number of ketones is 1. The smallest absolute Gasteiger partial charge is 0.150 e. The van der Waals surface area contributed by atoms with Crippen molar-refractivity contribution in [2.75, 3.05) is 0 Å². The van der Waals surface area contributed by atoms with Gasteiger partial charge in [0.1, 0.15) is 5.78 Å². The second-order valence-corrected chi connectivity index (χ2v) is 3.20. The Morgan fingerprint density at radius 1 is 1.67 bits per heavy atom. The second kappa shape index (κ2) is 5.95. The lowest BCUT2D eigenvalue weighted by atomic mass is 9.94. The van der Waals surface area contributed by atoms with Gasteiger partial charge < -0.3 is 5.73 Å². The average molecular weight is 169 g/mol. The van der Waals surface area contributed by atoms with Gasteiger partial charge in [-0.1, -0.05) is 26.3 Å². The van der Waals surface area contributed by atoms with Crippen molar-refractivity contribution in [3.8, 4) is 0 Å². The van der Waals surface area contributed by atoms with Gasteiger partial charge in [0.2, 0.25) is 0 Å². The molecule has 0 saturated heterocycles. The van der Waals surface area contributed by atoms with Gasteiger partial charge in [0, 0.05) is 6.42 Å². The molecule has 0 aromatic carbocycles. The Balaban J connectivity index is 3.83. The molecule has 0 saturated carbocycles. The highest BCUT2D eigenvalue weighted by molar-refractivity contribution is 5.84. The molecular weight excluding hydrogens is 150 g/mol. The minimum Gasteiger partial charge on any atom is -0.321 e. The number of hydrogen-bond donors (Lipinski definition) is 1. The minimum absolute atomic E-state index is 0.157. The summed E-state index contributed by atoms with van der Waals surface area (Å²) in [5, 5.41) is 0. The van der Waals surface area contributed by atoms with Gasteiger partial charge in [-0.2, -0.15) is 0 Å². The second-order valence-electron chi connectivity index (χ2n) is 3.20. The van der Waals surface area contributed by atoms with Crippen molar-refractivity contribution in [2.24, 2.45) is 11.7 Å². The summed E-state index contributed by atoms with van der Waals surface area (Å²) >= 11 is 0. The van der Waals surface area contributed by atoms with Crippen LogP contribution in [0.15, 0.2) is 12.7 Å². The van der Waals surface area contributed by atoms with Gasteiger partial charge in [-0.15, -0.1) is 6.58 Å². The molecule has 0 aliphatic heterocycles. The van der Waals surface area contributed by atoms with Crippen molar-refractivity contribution in [3.63, 3.8) is 0 Å². The molecule has 0 amide bonds. The lowest BCUT2D eigenvalue weighted by molar-refractivity contribution is -0.121. The molecule has 0 fully saturated rings. The van der Waals surface area contributed by atoms with Crippen molar-refractivity contribution in [3.05, 3.63) is 12.7 Å². The Labute approximate surface area is 74.8 Å². The zero-order chi connectivity index (χ0) is 9.56. The van der Waals surface area contributed by atoms with Crippen molar-refractivity contribution >= 4 is 5.78 Å². The number of hydrogen-bond acceptors (Lipinski definition) is 2. The maximum absolute atomic E-state index is 11.3. The summed E-state index contributed by atoms with van der Waals surface area (Å²) in [4.78, 5) is 11.3. The van der Waals surface area contributed by atoms with E-state index < -0.39 is 0 Å². The lowest BCUT2D eigenvalue weighted by Crippen LogP contribution is -2.36. The molecule has 0 spiro atoms. The number of rotatable bonds is 6. The minimum atomic E-state index is -0.282. The number of allylic oxidation sites excluding steroid dienone is 1. The van der Waals surface area contributed by atoms with Crippen LogP contribution < -0.4 is 5.73 Å². The fourth-order valence-corrected chi connectivity index (χ4v) is 0.982. The van der Waals surface area contributed by atoms with Crippen molar-refractivity contribution < 1.29 is 4.79 Å². The Kier molecular flexibility index (Phi) is 5.64. The first-order valence-electron chi connectivity index (χ1n) is 4.52. The number of Topliss-reactive ketones (excluding diaryl/α,β-unsaturated/α-hetero) is 1. The van der Waals surface area contributed by atoms with Gasteiger partial charge in [-0.25, -0.2) is 0 Å². The molecule has 12 heavy (non-hydrogen) atoms. The number of nitrogens with two attached hydrogens (primary N) is 1. The first-order chi connectivity index (χ1) is 5.63. The SMILES string of the molecule is C=CCCC(=O)C(N)C(C)CC. The molecule has 0 aliphatic carbocycles. The molecule has 2 unspecified atom stereocenters. The summed E-state index contributed by atoms with van der Waals surface area (Å²) in [5.74, 6) is 0.451. The molecule has 0 rings (SSSR count). The van der Waals surface area contributed by atoms with E-state index in [9.17, 15) is 4.79 Å². The molecule has 0 radical (unpaired) electrons. The van der Waals surface area contributed by atoms with Crippen molar-refractivity contribution in [1.29, 1.82) is 0 Å². The standard InChI is InChI=1S/C10H19NO/c1-4-6-7-9(12)10(11)8(3)5-2/h4,8,10H,1,5-7,11H2,2-3H3. The van der Waals surface area contributed by atoms with Crippen LogP contribution in [0.4, 0.5) is 0 Å². The summed E-state index contributed by atoms with van der Waals surface area (Å²) in [5.41, 5.74) is 5.73. The fourth-order valence-electron chi connectivity index (χ4n) is 0.982. The fraction of sp³-hybridized carbons (Fsp3) is 0.700. The molecule has 2 atom stereocenters. The summed E-state index contributed by atoms with van der Waals surface area (Å²) in [6, 6.07) is -0.282. The van der Waals surface area contributed by atoms with Crippen LogP contribution in [0.5, 0.6) is 0 Å². The molecule has 70 valence electrons. The van der Waals surface area contributed by atoms with Crippen LogP contribution in [0.1, 0.15) is 33.1 Å². The van der Waals surface area contributed by atoms with Gasteiger partial charge in [-0.05, 0) is 12.3 Å². The Morgan fingerprint density at radius 2 is 2.25 bits per heavy atom. The molecule has 0 heterocycles. The normalized spacial score (nSPS) is 15.2. The molecule has 2 N–H and O–H groups in total. The molecule has 0 aromatic rings. The van der Waals surface area contributed by atoms with Crippen LogP contribution in [0.2, 0.25) is 0 Å². The highest BCUT2D eigenvalue weighted by Gasteiger charge is 2.17. The van der Waals surface area contributed by atoms with E-state index in [0.717, 1.165) is 12.8 Å². The predicted molar refractivity (Wildman–Crippen MR) is 51.9 cm³/mol. The third-order valence-electron chi connectivity index (χ3n) is 2.22. The third-order valence-corrected chi connectivity index (χ3v) is 2.22. The van der Waals surface area contributed by atoms with E-state index in [0.29, 0.717) is 12.3 Å². The first-order valence-corrected chi connectivity index (χ1v) is 4.52. The van der Waals surface area contributed by atoms with E-state index in [2.05, 4.69) is 6.58 Å². The zero-order valence-corrected chi connectivity index (χ0v) is 8.05. The number of carbonyl (C=O) groups excluding carboxylic acids is 1. The van der Waals surface area contributed by atoms with E-state index in [1.54, 1.807) is 6.08 Å². The highest BCUT2D eigenvalue weighted by Crippen LogP contribution is 2.08. The molecule has 0 bridgehead atoms. The van der Waals surface area contributed by atoms with E-state index in [4.69, 9.17) is 5.73 Å². The largest absolute Gasteiger partial charge is 0.321 e. The molecule has 0 aromatic heterocycles. The van der Waals surface area contributed by atoms with Crippen LogP contribution in [0, 0.1) is 5.92 Å². The van der Waals surface area contributed by atoms with Gasteiger partial charge in [0.15, 0.2) is 0 Å². The Morgan fingerprint density at radius 3 is 2.67 bits per heavy atom. The maximum Gasteiger partial charge on any atom is 0.150 e. The Hall–Kier alpha value is -0.630. The third kappa shape index (κ3) is 3.67. The molecule has 0 aliphatic rings. The number of carbonyl (C=O) groups is 1. The molecule has 2 heteroatoms. The monoisotopic (exact) mass is 169 g/mol. The van der Waals surface area contributed by atoms with E-state index in [1.807, 2.05) is 13.8 Å². The average Bonchev–Trinajstić information content (AvgIpc) is 2.11. The van der Waals surface area contributed by atoms with Crippen molar-refractivity contribution in [2.45, 2.75) is 39.2 Å². The van der Waals surface area contributed by atoms with Gasteiger partial charge in [0.05, 0.1) is 6.04 Å². The highest BCUT2D eigenvalue weighted by atomic mass is 16.1. The lowest BCUT2D eigenvalue weighted by Gasteiger charge is -2.16. The summed E-state index contributed by atoms with van der Waals surface area (Å²) in [7, 11) is 0. The summed E-state index contributed by atoms with van der Waals surface area (Å²) < 4.78 is 0. The van der Waals surface area contributed by atoms with E-state index in [-0.39, 0.29) is 11.8 Å². The van der Waals surface area contributed by atoms with Crippen molar-refractivity contribution in [1.82, 2.24) is 0 Å².